The lowest BCUT2D eigenvalue weighted by atomic mass is 9.94. The quantitative estimate of drug-likeness (QED) is 0.495. The Labute approximate surface area is 244 Å². The van der Waals surface area contributed by atoms with Crippen molar-refractivity contribution in [3.05, 3.63) is 27.1 Å². The van der Waals surface area contributed by atoms with Gasteiger partial charge >= 0.3 is 18.0 Å². The largest absolute Gasteiger partial charge is 0.444 e. The zero-order valence-corrected chi connectivity index (χ0v) is 25.1. The summed E-state index contributed by atoms with van der Waals surface area (Å²) in [6, 6.07) is 0.374. The Morgan fingerprint density at radius 2 is 1.88 bits per heavy atom. The molecule has 1 aromatic heterocycles. The van der Waals surface area contributed by atoms with Crippen LogP contribution in [0.2, 0.25) is 5.02 Å². The van der Waals surface area contributed by atoms with E-state index in [0.29, 0.717) is 30.5 Å². The second-order valence-electron chi connectivity index (χ2n) is 12.4. The number of nitrogens with zero attached hydrogens (tertiary/aromatic N) is 5. The predicted molar refractivity (Wildman–Crippen MR) is 150 cm³/mol. The second-order valence-corrected chi connectivity index (χ2v) is 13.8. The number of thioether (sulfide) groups is 1. The van der Waals surface area contributed by atoms with Crippen LogP contribution in [0.15, 0.2) is 15.8 Å². The van der Waals surface area contributed by atoms with Crippen LogP contribution in [0.5, 0.6) is 0 Å². The summed E-state index contributed by atoms with van der Waals surface area (Å²) >= 11 is 7.64. The Morgan fingerprint density at radius 1 is 1.20 bits per heavy atom. The van der Waals surface area contributed by atoms with E-state index in [2.05, 4.69) is 9.88 Å². The van der Waals surface area contributed by atoms with Gasteiger partial charge in [0.1, 0.15) is 11.4 Å². The molecule has 6 rings (SSSR count). The molecule has 1 amide bonds. The average molecular weight is 616 g/mol. The van der Waals surface area contributed by atoms with Crippen LogP contribution in [0.25, 0.3) is 10.9 Å². The monoisotopic (exact) mass is 615 g/mol. The summed E-state index contributed by atoms with van der Waals surface area (Å²) in [4.78, 5) is 37.0. The van der Waals surface area contributed by atoms with Gasteiger partial charge in [-0.25, -0.2) is 9.59 Å². The highest BCUT2D eigenvalue weighted by molar-refractivity contribution is 7.99. The van der Waals surface area contributed by atoms with E-state index >= 15 is 0 Å². The maximum Gasteiger partial charge on any atom is 0.417 e. The molecule has 4 aliphatic heterocycles. The van der Waals surface area contributed by atoms with E-state index in [1.54, 1.807) is 30.6 Å². The highest BCUT2D eigenvalue weighted by Crippen LogP contribution is 2.48. The minimum absolute atomic E-state index is 0.171. The fourth-order valence-electron chi connectivity index (χ4n) is 6.35. The van der Waals surface area contributed by atoms with Gasteiger partial charge in [-0.05, 0) is 40.7 Å². The highest BCUT2D eigenvalue weighted by Gasteiger charge is 2.48. The molecule has 224 valence electrons. The van der Waals surface area contributed by atoms with Crippen LogP contribution >= 0.6 is 23.4 Å². The maximum absolute atomic E-state index is 14.2. The van der Waals surface area contributed by atoms with Gasteiger partial charge in [0.25, 0.3) is 0 Å². The first-order valence-corrected chi connectivity index (χ1v) is 15.1. The van der Waals surface area contributed by atoms with Gasteiger partial charge in [0.2, 0.25) is 0 Å². The lowest BCUT2D eigenvalue weighted by Crippen LogP contribution is -2.71. The van der Waals surface area contributed by atoms with E-state index in [0.717, 1.165) is 12.6 Å². The number of aromatic nitrogens is 2. The number of alkyl halides is 3. The Morgan fingerprint density at radius 3 is 2.41 bits per heavy atom. The fraction of sp³-hybridized carbons (Fsp3) is 0.667. The molecular weight excluding hydrogens is 583 g/mol. The molecule has 3 fully saturated rings. The first-order valence-electron chi connectivity index (χ1n) is 13.7. The Bertz CT molecular complexity index is 1450. The molecule has 5 heterocycles. The summed E-state index contributed by atoms with van der Waals surface area (Å²) in [6.07, 6.45) is -4.93. The molecule has 4 aliphatic rings. The number of carbonyl (C=O) groups is 1. The molecule has 0 N–H and O–H groups in total. The number of hydrogen-bond donors (Lipinski definition) is 0. The van der Waals surface area contributed by atoms with Crippen molar-refractivity contribution in [3.8, 4) is 0 Å². The lowest BCUT2D eigenvalue weighted by molar-refractivity contribution is -0.216. The SMILES string of the molecule is C[C@@H]1CN(c2nc(=O)n3c4c(c(Cl)c(C(F)(F)F)cc24)SC[C@@H]3CN2C[C@H]3OCC32)C[C@H](C)N1C(=O)OC(C)(C)C. The summed E-state index contributed by atoms with van der Waals surface area (Å²) < 4.78 is 55.2. The summed E-state index contributed by atoms with van der Waals surface area (Å²) in [5.41, 5.74) is -1.77. The van der Waals surface area contributed by atoms with E-state index in [4.69, 9.17) is 21.1 Å². The zero-order valence-electron chi connectivity index (χ0n) is 23.5. The predicted octanol–water partition coefficient (Wildman–Crippen LogP) is 4.63. The molecule has 2 aromatic rings. The summed E-state index contributed by atoms with van der Waals surface area (Å²) in [6.45, 7) is 11.6. The van der Waals surface area contributed by atoms with Crippen molar-refractivity contribution in [1.82, 2.24) is 19.4 Å². The number of morpholine rings is 1. The molecule has 9 nitrogen and oxygen atoms in total. The molecule has 41 heavy (non-hydrogen) atoms. The molecular formula is C27H33ClF3N5O4S. The third-order valence-corrected chi connectivity index (χ3v) is 9.98. The molecule has 14 heteroatoms. The molecule has 5 atom stereocenters. The minimum Gasteiger partial charge on any atom is -0.444 e. The number of ether oxygens (including phenoxy) is 2. The molecule has 0 radical (unpaired) electrons. The van der Waals surface area contributed by atoms with Crippen LogP contribution < -0.4 is 10.6 Å². The van der Waals surface area contributed by atoms with Crippen LogP contribution in [0.3, 0.4) is 0 Å². The number of amides is 1. The number of fused-ring (bicyclic) bond motifs is 1. The number of anilines is 1. The van der Waals surface area contributed by atoms with Gasteiger partial charge in [-0.2, -0.15) is 18.2 Å². The van der Waals surface area contributed by atoms with Crippen LogP contribution in [0.1, 0.15) is 46.2 Å². The smallest absolute Gasteiger partial charge is 0.417 e. The Hall–Kier alpha value is -2.22. The van der Waals surface area contributed by atoms with E-state index < -0.39 is 34.1 Å². The first kappa shape index (κ1) is 28.9. The Balaban J connectivity index is 1.42. The van der Waals surface area contributed by atoms with Gasteiger partial charge < -0.3 is 14.4 Å². The van der Waals surface area contributed by atoms with Crippen molar-refractivity contribution >= 4 is 46.2 Å². The van der Waals surface area contributed by atoms with Crippen LogP contribution in [0, 0.1) is 0 Å². The standard InChI is InChI=1S/C27H33ClF3N5O4S/c1-13-7-34(8-14(2)35(13)25(38)40-26(3,4)5)23-16-6-17(27(29,30)31)20(28)22-21(16)36(24(37)32-23)15(12-41-22)9-33-10-19-18(33)11-39-19/h6,13-15,18-19H,7-12H2,1-5H3/t13-,14+,15-,18?,19+/m0/s1. The second kappa shape index (κ2) is 9.92. The third-order valence-electron chi connectivity index (χ3n) is 8.24. The van der Waals surface area contributed by atoms with E-state index in [1.807, 2.05) is 13.8 Å². The van der Waals surface area contributed by atoms with Crippen molar-refractivity contribution < 1.29 is 27.4 Å². The fourth-order valence-corrected chi connectivity index (χ4v) is 7.96. The van der Waals surface area contributed by atoms with Gasteiger partial charge in [0.05, 0.1) is 57.9 Å². The zero-order chi connectivity index (χ0) is 29.6. The van der Waals surface area contributed by atoms with Crippen LogP contribution in [-0.2, 0) is 15.7 Å². The summed E-state index contributed by atoms with van der Waals surface area (Å²) in [5.74, 6) is 0.575. The van der Waals surface area contributed by atoms with Gasteiger partial charge in [-0.1, -0.05) is 11.6 Å². The van der Waals surface area contributed by atoms with Gasteiger partial charge in [0.15, 0.2) is 0 Å². The summed E-state index contributed by atoms with van der Waals surface area (Å²) in [7, 11) is 0. The van der Waals surface area contributed by atoms with Crippen molar-refractivity contribution in [1.29, 1.82) is 0 Å². The molecule has 0 spiro atoms. The van der Waals surface area contributed by atoms with Gasteiger partial charge in [-0.3, -0.25) is 14.4 Å². The van der Waals surface area contributed by atoms with Crippen molar-refractivity contribution in [2.24, 2.45) is 0 Å². The van der Waals surface area contributed by atoms with E-state index in [-0.39, 0.29) is 53.4 Å². The Kier molecular flexibility index (Phi) is 6.99. The van der Waals surface area contributed by atoms with Crippen molar-refractivity contribution in [2.45, 2.75) is 81.6 Å². The van der Waals surface area contributed by atoms with Crippen LogP contribution in [0.4, 0.5) is 23.8 Å². The molecule has 0 aliphatic carbocycles. The minimum atomic E-state index is -4.69. The number of likely N-dealkylation sites (tertiary alicyclic amines) is 1. The van der Waals surface area contributed by atoms with Crippen molar-refractivity contribution in [3.63, 3.8) is 0 Å². The van der Waals surface area contributed by atoms with Gasteiger partial charge in [-0.15, -0.1) is 11.8 Å². The number of rotatable bonds is 3. The molecule has 1 unspecified atom stereocenters. The number of carbonyl (C=O) groups excluding carboxylic acids is 1. The molecule has 3 saturated heterocycles. The highest BCUT2D eigenvalue weighted by atomic mass is 35.5. The average Bonchev–Trinajstić information content (AvgIpc) is 2.83. The molecule has 0 bridgehead atoms. The van der Waals surface area contributed by atoms with Gasteiger partial charge in [0, 0.05) is 37.3 Å². The molecule has 1 aromatic carbocycles. The third kappa shape index (κ3) is 4.96. The molecule has 0 saturated carbocycles. The van der Waals surface area contributed by atoms with Crippen molar-refractivity contribution in [2.75, 3.05) is 43.4 Å². The number of halogens is 4. The van der Waals surface area contributed by atoms with E-state index in [1.165, 1.54) is 16.3 Å². The lowest BCUT2D eigenvalue weighted by Gasteiger charge is -2.55. The number of hydrogen-bond acceptors (Lipinski definition) is 8. The topological polar surface area (TPSA) is 80.1 Å². The van der Waals surface area contributed by atoms with Crippen LogP contribution in [-0.4, -0.2) is 93.8 Å². The van der Waals surface area contributed by atoms with E-state index in [9.17, 15) is 22.8 Å². The first-order chi connectivity index (χ1) is 19.1. The number of piperazine rings is 1. The maximum atomic E-state index is 14.2. The normalized spacial score (nSPS) is 28.3. The number of benzene rings is 1. The summed E-state index contributed by atoms with van der Waals surface area (Å²) in [5, 5.41) is -0.168.